The van der Waals surface area contributed by atoms with Crippen LogP contribution in [-0.2, 0) is 9.53 Å². The number of nitrogens with one attached hydrogen (secondary N) is 5. The van der Waals surface area contributed by atoms with E-state index >= 15 is 0 Å². The number of amides is 4. The van der Waals surface area contributed by atoms with Crippen LogP contribution in [0.25, 0.3) is 11.2 Å². The molecule has 2 aliphatic heterocycles. The fourth-order valence-electron chi connectivity index (χ4n) is 7.11. The van der Waals surface area contributed by atoms with Crippen molar-refractivity contribution in [3.05, 3.63) is 82.9 Å². The summed E-state index contributed by atoms with van der Waals surface area (Å²) in [5, 5.41) is 36.2. The van der Waals surface area contributed by atoms with Gasteiger partial charge in [-0.2, -0.15) is 0 Å². The lowest BCUT2D eigenvalue weighted by atomic mass is 9.89. The predicted molar refractivity (Wildman–Crippen MR) is 207 cm³/mol. The van der Waals surface area contributed by atoms with Gasteiger partial charge < -0.3 is 46.4 Å². The molecule has 7 N–H and O–H groups in total. The minimum atomic E-state index is -1.52. The molecule has 2 fully saturated rings. The number of likely N-dealkylation sites (tertiary alicyclic amines) is 1. The number of aromatic nitrogens is 4. The van der Waals surface area contributed by atoms with Gasteiger partial charge in [-0.15, -0.1) is 0 Å². The molecule has 2 saturated heterocycles. The van der Waals surface area contributed by atoms with E-state index in [0.717, 1.165) is 41.9 Å². The van der Waals surface area contributed by atoms with Crippen LogP contribution in [0.1, 0.15) is 71.2 Å². The van der Waals surface area contributed by atoms with Crippen LogP contribution in [-0.4, -0.2) is 123 Å². The molecule has 4 amide bonds. The van der Waals surface area contributed by atoms with Crippen molar-refractivity contribution in [2.75, 3.05) is 57.7 Å². The Balaban J connectivity index is 1.22. The molecule has 2 aliphatic rings. The summed E-state index contributed by atoms with van der Waals surface area (Å²) in [5.41, 5.74) is 4.84. The van der Waals surface area contributed by atoms with Gasteiger partial charge in [-0.25, -0.2) is 19.7 Å². The van der Waals surface area contributed by atoms with Crippen molar-refractivity contribution >= 4 is 34.8 Å². The van der Waals surface area contributed by atoms with Crippen LogP contribution in [0.4, 0.5) is 10.6 Å². The van der Waals surface area contributed by atoms with Crippen LogP contribution in [0.15, 0.2) is 54.9 Å². The normalized spacial score (nSPS) is 20.0. The molecule has 0 saturated carbocycles. The maximum atomic E-state index is 13.6. The number of ether oxygens (including phenoxy) is 1. The number of urea groups is 1. The minimum absolute atomic E-state index is 0.103. The Labute approximate surface area is 320 Å². The second-order valence-electron chi connectivity index (χ2n) is 14.1. The van der Waals surface area contributed by atoms with Crippen molar-refractivity contribution in [2.24, 2.45) is 0 Å². The predicted octanol–water partition coefficient (Wildman–Crippen LogP) is 1.96. The van der Waals surface area contributed by atoms with Crippen molar-refractivity contribution in [1.29, 1.82) is 0 Å². The molecule has 16 heteroatoms. The topological polar surface area (TPSA) is 208 Å². The molecular weight excluding hydrogens is 704 g/mol. The summed E-state index contributed by atoms with van der Waals surface area (Å²) in [4.78, 5) is 54.6. The molecule has 0 aliphatic carbocycles. The lowest BCUT2D eigenvalue weighted by molar-refractivity contribution is -0.137. The zero-order chi connectivity index (χ0) is 38.9. The second kappa shape index (κ2) is 18.4. The van der Waals surface area contributed by atoms with Gasteiger partial charge in [0.15, 0.2) is 29.3 Å². The number of rotatable bonds is 15. The number of hydrogen-bond donors (Lipinski definition) is 7. The highest BCUT2D eigenvalue weighted by atomic mass is 16.6. The van der Waals surface area contributed by atoms with E-state index in [0.29, 0.717) is 25.2 Å². The highest BCUT2D eigenvalue weighted by molar-refractivity contribution is 5.94. The highest BCUT2D eigenvalue weighted by Gasteiger charge is 2.47. The highest BCUT2D eigenvalue weighted by Crippen LogP contribution is 2.33. The standard InChI is InChI=1S/C39H52N10O6/c1-4-40-36(52)32-30(50)31(51)38(55-32)49-23-45-29-33(44-22-28(26-12-8-10-24(2)20-26)27-13-9-11-25(3)21-27)46-34(47-35(29)49)37(53)41-14-15-42-39(54)43-16-19-48-17-6-5-7-18-48/h8-13,20-21,23,28,30-32,38,50-51H,4-7,14-19,22H2,1-3H3,(H,40,52)(H,41,53)(H2,42,43,54)(H,44,46,47)/t30-,31-,32-,38+/m0/s1. The number of carbonyl (C=O) groups excluding carboxylic acids is 3. The maximum Gasteiger partial charge on any atom is 0.314 e. The Morgan fingerprint density at radius 3 is 2.22 bits per heavy atom. The third-order valence-corrected chi connectivity index (χ3v) is 9.97. The van der Waals surface area contributed by atoms with Crippen molar-refractivity contribution in [3.8, 4) is 0 Å². The quantitative estimate of drug-likeness (QED) is 0.0873. The number of aliphatic hydroxyl groups excluding tert-OH is 2. The van der Waals surface area contributed by atoms with Gasteiger partial charge in [0.2, 0.25) is 5.82 Å². The summed E-state index contributed by atoms with van der Waals surface area (Å²) >= 11 is 0. The van der Waals surface area contributed by atoms with E-state index in [-0.39, 0.29) is 42.3 Å². The molecule has 55 heavy (non-hydrogen) atoms. The smallest absolute Gasteiger partial charge is 0.314 e. The molecule has 2 aromatic heterocycles. The molecule has 0 bridgehead atoms. The van der Waals surface area contributed by atoms with Gasteiger partial charge in [-0.3, -0.25) is 14.2 Å². The van der Waals surface area contributed by atoms with E-state index in [9.17, 15) is 24.6 Å². The number of nitrogens with zero attached hydrogens (tertiary/aromatic N) is 5. The summed E-state index contributed by atoms with van der Waals surface area (Å²) in [5.74, 6) is -1.21. The van der Waals surface area contributed by atoms with Gasteiger partial charge in [0.25, 0.3) is 11.8 Å². The van der Waals surface area contributed by atoms with Crippen molar-refractivity contribution in [3.63, 3.8) is 0 Å². The Morgan fingerprint density at radius 2 is 1.55 bits per heavy atom. The molecule has 0 spiro atoms. The molecule has 294 valence electrons. The zero-order valence-corrected chi connectivity index (χ0v) is 31.6. The van der Waals surface area contributed by atoms with E-state index in [4.69, 9.17) is 4.74 Å². The Kier molecular flexibility index (Phi) is 13.3. The van der Waals surface area contributed by atoms with Gasteiger partial charge in [0.05, 0.1) is 6.33 Å². The third-order valence-electron chi connectivity index (χ3n) is 9.97. The van der Waals surface area contributed by atoms with Gasteiger partial charge in [0.1, 0.15) is 12.2 Å². The molecule has 6 rings (SSSR count). The molecule has 4 heterocycles. The summed E-state index contributed by atoms with van der Waals surface area (Å²) in [6, 6.07) is 16.2. The molecule has 0 unspecified atom stereocenters. The number of anilines is 1. The first-order valence-corrected chi connectivity index (χ1v) is 19.1. The monoisotopic (exact) mass is 756 g/mol. The van der Waals surface area contributed by atoms with Crippen molar-refractivity contribution < 1.29 is 29.3 Å². The summed E-state index contributed by atoms with van der Waals surface area (Å²) in [6.45, 7) is 10.2. The van der Waals surface area contributed by atoms with E-state index in [1.807, 2.05) is 38.1 Å². The fraction of sp³-hybridized carbons (Fsp3) is 0.487. The lowest BCUT2D eigenvalue weighted by Gasteiger charge is -2.26. The second-order valence-corrected chi connectivity index (χ2v) is 14.1. The number of fused-ring (bicyclic) bond motifs is 1. The number of benzene rings is 2. The van der Waals surface area contributed by atoms with Crippen LogP contribution >= 0.6 is 0 Å². The molecular formula is C39H52N10O6. The molecule has 16 nitrogen and oxygen atoms in total. The average molecular weight is 757 g/mol. The molecule has 0 radical (unpaired) electrons. The fourth-order valence-corrected chi connectivity index (χ4v) is 7.11. The molecule has 4 atom stereocenters. The molecule has 4 aromatic rings. The van der Waals surface area contributed by atoms with Crippen LogP contribution < -0.4 is 26.6 Å². The van der Waals surface area contributed by atoms with E-state index in [1.165, 1.54) is 30.2 Å². The van der Waals surface area contributed by atoms with E-state index in [2.05, 4.69) is 70.7 Å². The number of imidazole rings is 1. The van der Waals surface area contributed by atoms with Gasteiger partial charge in [-0.1, -0.05) is 66.1 Å². The first-order valence-electron chi connectivity index (χ1n) is 19.1. The Bertz CT molecular complexity index is 1900. The first kappa shape index (κ1) is 39.5. The number of aryl methyl sites for hydroxylation is 2. The third kappa shape index (κ3) is 9.75. The van der Waals surface area contributed by atoms with Crippen LogP contribution in [0.3, 0.4) is 0 Å². The summed E-state index contributed by atoms with van der Waals surface area (Å²) in [6.07, 6.45) is -0.606. The van der Waals surface area contributed by atoms with Gasteiger partial charge in [0, 0.05) is 45.2 Å². The van der Waals surface area contributed by atoms with Gasteiger partial charge in [-0.05, 0) is 57.8 Å². The number of aliphatic hydroxyl groups is 2. The number of likely N-dealkylation sites (N-methyl/N-ethyl adjacent to an activating group) is 1. The number of piperidine rings is 1. The van der Waals surface area contributed by atoms with Crippen LogP contribution in [0.2, 0.25) is 0 Å². The first-order chi connectivity index (χ1) is 26.6. The lowest BCUT2D eigenvalue weighted by Crippen LogP contribution is -2.43. The average Bonchev–Trinajstić information content (AvgIpc) is 3.73. The van der Waals surface area contributed by atoms with Crippen LogP contribution in [0, 0.1) is 13.8 Å². The van der Waals surface area contributed by atoms with E-state index < -0.39 is 36.4 Å². The van der Waals surface area contributed by atoms with E-state index in [1.54, 1.807) is 6.92 Å². The van der Waals surface area contributed by atoms with Crippen molar-refractivity contribution in [2.45, 2.75) is 70.5 Å². The van der Waals surface area contributed by atoms with Gasteiger partial charge >= 0.3 is 6.03 Å². The minimum Gasteiger partial charge on any atom is -0.387 e. The largest absolute Gasteiger partial charge is 0.387 e. The number of hydrogen-bond acceptors (Lipinski definition) is 11. The van der Waals surface area contributed by atoms with Crippen molar-refractivity contribution in [1.82, 2.24) is 45.7 Å². The number of carbonyl (C=O) groups is 3. The van der Waals surface area contributed by atoms with Crippen LogP contribution in [0.5, 0.6) is 0 Å². The zero-order valence-electron chi connectivity index (χ0n) is 31.6. The Hall–Kier alpha value is -5.16. The summed E-state index contributed by atoms with van der Waals surface area (Å²) in [7, 11) is 0. The molecule has 2 aromatic carbocycles. The SMILES string of the molecule is CCNC(=O)[C@H]1O[C@@H](n2cnc3c(NCC(c4cccc(C)c4)c4cccc(C)c4)nc(C(=O)NCCNC(=O)NCCN4CCCCC4)nc32)[C@@H](O)[C@@H]1O. The maximum absolute atomic E-state index is 13.6. The Morgan fingerprint density at radius 1 is 0.873 bits per heavy atom. The summed E-state index contributed by atoms with van der Waals surface area (Å²) < 4.78 is 7.26.